The maximum Gasteiger partial charge on any atom is 0.221 e. The van der Waals surface area contributed by atoms with Crippen LogP contribution in [-0.4, -0.2) is 37.2 Å². The molecule has 1 amide bonds. The van der Waals surface area contributed by atoms with Crippen molar-refractivity contribution in [3.05, 3.63) is 66.0 Å². The highest BCUT2D eigenvalue weighted by atomic mass is 32.2. The standard InChI is InChI=1S/C19H23FN2OS/c1-22(2)14-18(15-6-4-3-5-7-15)21-19(23)12-13-24-17-10-8-16(20)9-11-17/h3-11,18H,12-14H2,1-2H3,(H,21,23)/t18-/m1/s1. The molecule has 2 aromatic rings. The summed E-state index contributed by atoms with van der Waals surface area (Å²) in [4.78, 5) is 15.3. The van der Waals surface area contributed by atoms with Crippen molar-refractivity contribution in [1.82, 2.24) is 10.2 Å². The molecule has 2 aromatic carbocycles. The average molecular weight is 346 g/mol. The second-order valence-electron chi connectivity index (χ2n) is 5.85. The van der Waals surface area contributed by atoms with Gasteiger partial charge in [0.05, 0.1) is 6.04 Å². The zero-order chi connectivity index (χ0) is 17.4. The molecule has 2 rings (SSSR count). The molecular weight excluding hydrogens is 323 g/mol. The van der Waals surface area contributed by atoms with Crippen LogP contribution >= 0.6 is 11.8 Å². The summed E-state index contributed by atoms with van der Waals surface area (Å²) in [5.74, 6) is 0.452. The molecule has 0 saturated heterocycles. The van der Waals surface area contributed by atoms with Crippen molar-refractivity contribution in [2.45, 2.75) is 17.4 Å². The van der Waals surface area contributed by atoms with Crippen LogP contribution in [0, 0.1) is 5.82 Å². The average Bonchev–Trinajstić information content (AvgIpc) is 2.56. The van der Waals surface area contributed by atoms with Gasteiger partial charge in [-0.15, -0.1) is 11.8 Å². The lowest BCUT2D eigenvalue weighted by Crippen LogP contribution is -2.35. The van der Waals surface area contributed by atoms with Gasteiger partial charge in [0, 0.05) is 23.6 Å². The Morgan fingerprint density at radius 3 is 2.42 bits per heavy atom. The predicted octanol–water partition coefficient (Wildman–Crippen LogP) is 3.73. The Bertz CT molecular complexity index is 632. The Balaban J connectivity index is 1.85. The SMILES string of the molecule is CN(C)C[C@@H](NC(=O)CCSc1ccc(F)cc1)c1ccccc1. The van der Waals surface area contributed by atoms with Gasteiger partial charge in [-0.05, 0) is 43.9 Å². The Labute approximate surface area is 147 Å². The Hall–Kier alpha value is -1.85. The molecule has 1 atom stereocenters. The van der Waals surface area contributed by atoms with Crippen LogP contribution in [0.25, 0.3) is 0 Å². The topological polar surface area (TPSA) is 32.3 Å². The number of amides is 1. The number of hydrogen-bond acceptors (Lipinski definition) is 3. The highest BCUT2D eigenvalue weighted by Crippen LogP contribution is 2.19. The summed E-state index contributed by atoms with van der Waals surface area (Å²) in [7, 11) is 3.99. The third kappa shape index (κ3) is 6.34. The molecule has 5 heteroatoms. The molecule has 0 saturated carbocycles. The molecule has 0 fully saturated rings. The van der Waals surface area contributed by atoms with E-state index in [1.54, 1.807) is 23.9 Å². The fourth-order valence-electron chi connectivity index (χ4n) is 2.34. The molecule has 0 aliphatic rings. The summed E-state index contributed by atoms with van der Waals surface area (Å²) < 4.78 is 12.9. The van der Waals surface area contributed by atoms with Crippen LogP contribution in [0.2, 0.25) is 0 Å². The van der Waals surface area contributed by atoms with Gasteiger partial charge < -0.3 is 10.2 Å². The molecule has 0 bridgehead atoms. The quantitative estimate of drug-likeness (QED) is 0.739. The van der Waals surface area contributed by atoms with Crippen molar-refractivity contribution in [3.63, 3.8) is 0 Å². The largest absolute Gasteiger partial charge is 0.348 e. The predicted molar refractivity (Wildman–Crippen MR) is 97.6 cm³/mol. The number of nitrogens with zero attached hydrogens (tertiary/aromatic N) is 1. The molecule has 0 aliphatic heterocycles. The number of halogens is 1. The van der Waals surface area contributed by atoms with Gasteiger partial charge in [0.25, 0.3) is 0 Å². The van der Waals surface area contributed by atoms with Crippen LogP contribution in [0.1, 0.15) is 18.0 Å². The Morgan fingerprint density at radius 1 is 1.12 bits per heavy atom. The zero-order valence-electron chi connectivity index (χ0n) is 14.0. The molecular formula is C19H23FN2OS. The molecule has 0 heterocycles. The zero-order valence-corrected chi connectivity index (χ0v) is 14.9. The summed E-state index contributed by atoms with van der Waals surface area (Å²) in [6.07, 6.45) is 0.429. The van der Waals surface area contributed by atoms with Crippen LogP contribution in [0.15, 0.2) is 59.5 Å². The highest BCUT2D eigenvalue weighted by molar-refractivity contribution is 7.99. The fourth-order valence-corrected chi connectivity index (χ4v) is 3.20. The van der Waals surface area contributed by atoms with E-state index in [0.717, 1.165) is 17.0 Å². The third-order valence-corrected chi connectivity index (χ3v) is 4.51. The van der Waals surface area contributed by atoms with Gasteiger partial charge in [-0.3, -0.25) is 4.79 Å². The summed E-state index contributed by atoms with van der Waals surface area (Å²) in [6.45, 7) is 0.751. The van der Waals surface area contributed by atoms with E-state index < -0.39 is 0 Å². The first-order chi connectivity index (χ1) is 11.5. The van der Waals surface area contributed by atoms with Crippen LogP contribution in [0.5, 0.6) is 0 Å². The first kappa shape index (κ1) is 18.5. The molecule has 1 N–H and O–H groups in total. The number of rotatable bonds is 8. The van der Waals surface area contributed by atoms with Gasteiger partial charge in [-0.2, -0.15) is 0 Å². The molecule has 0 radical (unpaired) electrons. The fraction of sp³-hybridized carbons (Fsp3) is 0.316. The summed E-state index contributed by atoms with van der Waals surface area (Å²) in [6, 6.07) is 16.3. The normalized spacial score (nSPS) is 12.2. The van der Waals surface area contributed by atoms with Crippen molar-refractivity contribution >= 4 is 17.7 Å². The van der Waals surface area contributed by atoms with E-state index >= 15 is 0 Å². The van der Waals surface area contributed by atoms with E-state index in [1.165, 1.54) is 12.1 Å². The minimum atomic E-state index is -0.244. The lowest BCUT2D eigenvalue weighted by Gasteiger charge is -2.23. The van der Waals surface area contributed by atoms with Gasteiger partial charge in [0.2, 0.25) is 5.91 Å². The smallest absolute Gasteiger partial charge is 0.221 e. The first-order valence-corrected chi connectivity index (χ1v) is 8.90. The molecule has 0 aromatic heterocycles. The Kier molecular flexibility index (Phi) is 7.28. The maximum absolute atomic E-state index is 12.9. The summed E-state index contributed by atoms with van der Waals surface area (Å²) >= 11 is 1.56. The molecule has 128 valence electrons. The van der Waals surface area contributed by atoms with Gasteiger partial charge in [-0.1, -0.05) is 30.3 Å². The van der Waals surface area contributed by atoms with Crippen molar-refractivity contribution in [3.8, 4) is 0 Å². The number of likely N-dealkylation sites (N-methyl/N-ethyl adjacent to an activating group) is 1. The van der Waals surface area contributed by atoms with E-state index in [-0.39, 0.29) is 17.8 Å². The summed E-state index contributed by atoms with van der Waals surface area (Å²) in [5, 5.41) is 3.11. The first-order valence-electron chi connectivity index (χ1n) is 7.92. The van der Waals surface area contributed by atoms with Crippen molar-refractivity contribution < 1.29 is 9.18 Å². The van der Waals surface area contributed by atoms with Crippen LogP contribution in [0.3, 0.4) is 0 Å². The second-order valence-corrected chi connectivity index (χ2v) is 7.01. The molecule has 0 spiro atoms. The van der Waals surface area contributed by atoms with Crippen molar-refractivity contribution in [2.24, 2.45) is 0 Å². The highest BCUT2D eigenvalue weighted by Gasteiger charge is 2.15. The van der Waals surface area contributed by atoms with Crippen molar-refractivity contribution in [2.75, 3.05) is 26.4 Å². The monoisotopic (exact) mass is 346 g/mol. The molecule has 0 aliphatic carbocycles. The van der Waals surface area contributed by atoms with Crippen molar-refractivity contribution in [1.29, 1.82) is 0 Å². The number of carbonyl (C=O) groups is 1. The summed E-state index contributed by atoms with van der Waals surface area (Å²) in [5.41, 5.74) is 1.10. The maximum atomic E-state index is 12.9. The van der Waals surface area contributed by atoms with E-state index in [2.05, 4.69) is 10.2 Å². The van der Waals surface area contributed by atoms with Crippen LogP contribution in [-0.2, 0) is 4.79 Å². The molecule has 24 heavy (non-hydrogen) atoms. The number of carbonyl (C=O) groups excluding carboxylic acids is 1. The minimum absolute atomic E-state index is 0.0236. The third-order valence-electron chi connectivity index (χ3n) is 3.50. The van der Waals surface area contributed by atoms with Crippen LogP contribution < -0.4 is 5.32 Å². The van der Waals surface area contributed by atoms with Gasteiger partial charge in [-0.25, -0.2) is 4.39 Å². The van der Waals surface area contributed by atoms with Gasteiger partial charge in [0.1, 0.15) is 5.82 Å². The minimum Gasteiger partial charge on any atom is -0.348 e. The molecule has 3 nitrogen and oxygen atoms in total. The van der Waals surface area contributed by atoms with Crippen LogP contribution in [0.4, 0.5) is 4.39 Å². The second kappa shape index (κ2) is 9.45. The number of benzene rings is 2. The van der Waals surface area contributed by atoms with Gasteiger partial charge >= 0.3 is 0 Å². The van der Waals surface area contributed by atoms with E-state index in [0.29, 0.717) is 12.2 Å². The number of nitrogens with one attached hydrogen (secondary N) is 1. The Morgan fingerprint density at radius 2 is 1.79 bits per heavy atom. The lowest BCUT2D eigenvalue weighted by molar-refractivity contribution is -0.121. The van der Waals surface area contributed by atoms with E-state index in [9.17, 15) is 9.18 Å². The van der Waals surface area contributed by atoms with E-state index in [4.69, 9.17) is 0 Å². The van der Waals surface area contributed by atoms with Gasteiger partial charge in [0.15, 0.2) is 0 Å². The number of hydrogen-bond donors (Lipinski definition) is 1. The number of thioether (sulfide) groups is 1. The van der Waals surface area contributed by atoms with E-state index in [1.807, 2.05) is 44.4 Å². The lowest BCUT2D eigenvalue weighted by atomic mass is 10.1. The molecule has 0 unspecified atom stereocenters.